The van der Waals surface area contributed by atoms with E-state index < -0.39 is 0 Å². The quantitative estimate of drug-likeness (QED) is 0.655. The highest BCUT2D eigenvalue weighted by atomic mass is 32.2. The molecule has 1 N–H and O–H groups in total. The fourth-order valence-corrected chi connectivity index (χ4v) is 2.40. The molecule has 1 aliphatic heterocycles. The Morgan fingerprint density at radius 2 is 2.25 bits per heavy atom. The first-order valence-corrected chi connectivity index (χ1v) is 5.29. The average molecular weight is 179 g/mol. The summed E-state index contributed by atoms with van der Waals surface area (Å²) >= 11 is 1.96. The fourth-order valence-electron chi connectivity index (χ4n) is 1.35. The first-order chi connectivity index (χ1) is 5.86. The summed E-state index contributed by atoms with van der Waals surface area (Å²) in [7, 11) is 0. The number of fused-ring (bicyclic) bond motifs is 1. The van der Waals surface area contributed by atoms with Gasteiger partial charge >= 0.3 is 0 Å². The van der Waals surface area contributed by atoms with E-state index in [1.54, 1.807) is 0 Å². The normalized spacial score (nSPS) is 22.9. The molecular weight excluding hydrogens is 166 g/mol. The van der Waals surface area contributed by atoms with Crippen LogP contribution in [0.1, 0.15) is 12.5 Å². The Balaban J connectivity index is 2.26. The molecule has 0 saturated heterocycles. The first kappa shape index (κ1) is 8.14. The molecule has 1 aliphatic rings. The van der Waals surface area contributed by atoms with E-state index in [-0.39, 0.29) is 0 Å². The largest absolute Gasteiger partial charge is 0.309 e. The van der Waals surface area contributed by atoms with E-state index in [9.17, 15) is 0 Å². The summed E-state index contributed by atoms with van der Waals surface area (Å²) in [6.45, 7) is 3.25. The predicted octanol–water partition coefficient (Wildman–Crippen LogP) is 2.27. The monoisotopic (exact) mass is 179 g/mol. The van der Waals surface area contributed by atoms with Crippen molar-refractivity contribution in [2.75, 3.05) is 5.75 Å². The standard InChI is InChI=1S/C10H13NS/c1-8-7-12-10-5-3-2-4-9(10)6-11-8/h2-5,8,11H,6-7H2,1H3/t8-/m0/s1. The lowest BCUT2D eigenvalue weighted by Gasteiger charge is -2.06. The zero-order valence-corrected chi connectivity index (χ0v) is 8.03. The molecule has 0 radical (unpaired) electrons. The van der Waals surface area contributed by atoms with Crippen molar-refractivity contribution in [1.29, 1.82) is 0 Å². The minimum Gasteiger partial charge on any atom is -0.309 e. The van der Waals surface area contributed by atoms with Gasteiger partial charge in [-0.2, -0.15) is 0 Å². The summed E-state index contributed by atoms with van der Waals surface area (Å²) in [5.41, 5.74) is 1.44. The molecule has 2 rings (SSSR count). The highest BCUT2D eigenvalue weighted by molar-refractivity contribution is 7.99. The summed E-state index contributed by atoms with van der Waals surface area (Å²) in [6.07, 6.45) is 0. The van der Waals surface area contributed by atoms with Gasteiger partial charge < -0.3 is 5.32 Å². The highest BCUT2D eigenvalue weighted by Crippen LogP contribution is 2.25. The van der Waals surface area contributed by atoms with Gasteiger partial charge in [0.25, 0.3) is 0 Å². The van der Waals surface area contributed by atoms with Gasteiger partial charge in [0.05, 0.1) is 0 Å². The molecule has 64 valence electrons. The molecule has 1 aromatic carbocycles. The van der Waals surface area contributed by atoms with E-state index >= 15 is 0 Å². The van der Waals surface area contributed by atoms with Crippen molar-refractivity contribution in [2.24, 2.45) is 0 Å². The SMILES string of the molecule is C[C@H]1CSc2ccccc2CN1. The molecule has 2 heteroatoms. The lowest BCUT2D eigenvalue weighted by atomic mass is 10.2. The van der Waals surface area contributed by atoms with Crippen molar-refractivity contribution < 1.29 is 0 Å². The third-order valence-corrected chi connectivity index (χ3v) is 3.48. The molecule has 0 bridgehead atoms. The Kier molecular flexibility index (Phi) is 2.38. The van der Waals surface area contributed by atoms with Crippen LogP contribution in [0.5, 0.6) is 0 Å². The summed E-state index contributed by atoms with van der Waals surface area (Å²) in [5, 5.41) is 3.48. The van der Waals surface area contributed by atoms with Gasteiger partial charge in [-0.1, -0.05) is 18.2 Å². The van der Waals surface area contributed by atoms with Gasteiger partial charge in [-0.25, -0.2) is 0 Å². The molecule has 0 unspecified atom stereocenters. The van der Waals surface area contributed by atoms with Crippen LogP contribution in [-0.4, -0.2) is 11.8 Å². The lowest BCUT2D eigenvalue weighted by molar-refractivity contribution is 0.598. The summed E-state index contributed by atoms with van der Waals surface area (Å²) < 4.78 is 0. The van der Waals surface area contributed by atoms with E-state index in [1.165, 1.54) is 16.2 Å². The molecule has 1 aromatic rings. The molecule has 1 atom stereocenters. The van der Waals surface area contributed by atoms with Crippen LogP contribution in [0.3, 0.4) is 0 Å². The smallest absolute Gasteiger partial charge is 0.0219 e. The van der Waals surface area contributed by atoms with Crippen molar-refractivity contribution in [3.8, 4) is 0 Å². The second kappa shape index (κ2) is 3.50. The van der Waals surface area contributed by atoms with Crippen LogP contribution >= 0.6 is 11.8 Å². The van der Waals surface area contributed by atoms with Crippen LogP contribution in [-0.2, 0) is 6.54 Å². The number of rotatable bonds is 0. The molecule has 12 heavy (non-hydrogen) atoms. The molecule has 0 fully saturated rings. The van der Waals surface area contributed by atoms with Gasteiger partial charge in [-0.05, 0) is 18.6 Å². The Morgan fingerprint density at radius 1 is 1.42 bits per heavy atom. The molecule has 0 spiro atoms. The van der Waals surface area contributed by atoms with E-state index in [4.69, 9.17) is 0 Å². The van der Waals surface area contributed by atoms with Crippen LogP contribution in [0.25, 0.3) is 0 Å². The highest BCUT2D eigenvalue weighted by Gasteiger charge is 2.10. The van der Waals surface area contributed by atoms with Gasteiger partial charge in [0.1, 0.15) is 0 Å². The Hall–Kier alpha value is -0.470. The summed E-state index contributed by atoms with van der Waals surface area (Å²) in [5.74, 6) is 1.18. The van der Waals surface area contributed by atoms with Gasteiger partial charge in [0.2, 0.25) is 0 Å². The molecule has 0 aromatic heterocycles. The van der Waals surface area contributed by atoms with Crippen LogP contribution in [0.4, 0.5) is 0 Å². The van der Waals surface area contributed by atoms with Gasteiger partial charge in [0.15, 0.2) is 0 Å². The maximum atomic E-state index is 3.48. The van der Waals surface area contributed by atoms with Crippen molar-refractivity contribution >= 4 is 11.8 Å². The van der Waals surface area contributed by atoms with E-state index in [0.29, 0.717) is 6.04 Å². The van der Waals surface area contributed by atoms with Crippen molar-refractivity contribution in [2.45, 2.75) is 24.4 Å². The van der Waals surface area contributed by atoms with Crippen LogP contribution < -0.4 is 5.32 Å². The van der Waals surface area contributed by atoms with Gasteiger partial charge in [-0.15, -0.1) is 11.8 Å². The third kappa shape index (κ3) is 1.65. The summed E-state index contributed by atoms with van der Waals surface area (Å²) in [4.78, 5) is 1.44. The van der Waals surface area contributed by atoms with Crippen LogP contribution in [0.15, 0.2) is 29.2 Å². The Labute approximate surface area is 77.6 Å². The molecule has 0 aliphatic carbocycles. The first-order valence-electron chi connectivity index (χ1n) is 4.30. The molecule has 0 saturated carbocycles. The lowest BCUT2D eigenvalue weighted by Crippen LogP contribution is -2.25. The molecule has 1 nitrogen and oxygen atoms in total. The fraction of sp³-hybridized carbons (Fsp3) is 0.400. The van der Waals surface area contributed by atoms with Crippen molar-refractivity contribution in [1.82, 2.24) is 5.32 Å². The number of nitrogens with one attached hydrogen (secondary N) is 1. The maximum absolute atomic E-state index is 3.48. The minimum atomic E-state index is 0.627. The average Bonchev–Trinajstić information content (AvgIpc) is 2.29. The summed E-state index contributed by atoms with van der Waals surface area (Å²) in [6, 6.07) is 9.26. The Morgan fingerprint density at radius 3 is 3.17 bits per heavy atom. The molecule has 1 heterocycles. The topological polar surface area (TPSA) is 12.0 Å². The van der Waals surface area contributed by atoms with Crippen LogP contribution in [0, 0.1) is 0 Å². The van der Waals surface area contributed by atoms with Gasteiger partial charge in [0, 0.05) is 23.2 Å². The number of thioether (sulfide) groups is 1. The second-order valence-corrected chi connectivity index (χ2v) is 4.26. The second-order valence-electron chi connectivity index (χ2n) is 3.20. The zero-order chi connectivity index (χ0) is 8.39. The molecule has 0 amide bonds. The van der Waals surface area contributed by atoms with E-state index in [1.807, 2.05) is 11.8 Å². The predicted molar refractivity (Wildman–Crippen MR) is 53.5 cm³/mol. The van der Waals surface area contributed by atoms with E-state index in [0.717, 1.165) is 6.54 Å². The van der Waals surface area contributed by atoms with Gasteiger partial charge in [-0.3, -0.25) is 0 Å². The Bertz CT molecular complexity index is 245. The minimum absolute atomic E-state index is 0.627. The molecular formula is C10H13NS. The number of hydrogen-bond acceptors (Lipinski definition) is 2. The van der Waals surface area contributed by atoms with Crippen molar-refractivity contribution in [3.63, 3.8) is 0 Å². The number of benzene rings is 1. The van der Waals surface area contributed by atoms with Crippen LogP contribution in [0.2, 0.25) is 0 Å². The zero-order valence-electron chi connectivity index (χ0n) is 7.21. The number of hydrogen-bond donors (Lipinski definition) is 1. The third-order valence-electron chi connectivity index (χ3n) is 2.10. The maximum Gasteiger partial charge on any atom is 0.0219 e. The van der Waals surface area contributed by atoms with Crippen molar-refractivity contribution in [3.05, 3.63) is 29.8 Å². The van der Waals surface area contributed by atoms with E-state index in [2.05, 4.69) is 36.5 Å².